The van der Waals surface area contributed by atoms with Crippen LogP contribution in [0.1, 0.15) is 18.5 Å². The van der Waals surface area contributed by atoms with Crippen LogP contribution >= 0.6 is 11.6 Å². The van der Waals surface area contributed by atoms with Crippen molar-refractivity contribution in [2.24, 2.45) is 0 Å². The van der Waals surface area contributed by atoms with E-state index in [1.54, 1.807) is 19.1 Å². The molecule has 9 heteroatoms. The van der Waals surface area contributed by atoms with E-state index in [-0.39, 0.29) is 35.3 Å². The first-order valence-electron chi connectivity index (χ1n) is 9.10. The molecule has 1 heterocycles. The lowest BCUT2D eigenvalue weighted by Gasteiger charge is -2.28. The van der Waals surface area contributed by atoms with E-state index in [2.05, 4.69) is 10.6 Å². The quantitative estimate of drug-likeness (QED) is 0.458. The van der Waals surface area contributed by atoms with Gasteiger partial charge in [-0.2, -0.15) is 0 Å². The second-order valence-electron chi connectivity index (χ2n) is 6.42. The molecule has 0 aromatic heterocycles. The van der Waals surface area contributed by atoms with E-state index in [4.69, 9.17) is 25.8 Å². The summed E-state index contributed by atoms with van der Waals surface area (Å²) in [6, 6.07) is 10.8. The molecule has 0 fully saturated rings. The highest BCUT2D eigenvalue weighted by atomic mass is 35.5. The van der Waals surface area contributed by atoms with E-state index in [1.165, 1.54) is 19.2 Å². The van der Waals surface area contributed by atoms with Crippen molar-refractivity contribution >= 4 is 23.6 Å². The first-order valence-corrected chi connectivity index (χ1v) is 9.48. The van der Waals surface area contributed by atoms with Crippen LogP contribution in [0.5, 0.6) is 17.2 Å². The number of phenolic OH excluding ortho intramolecular Hbond substituents is 1. The number of esters is 1. The Labute approximate surface area is 178 Å². The summed E-state index contributed by atoms with van der Waals surface area (Å²) in [6.45, 7) is 1.79. The number of phenols is 1. The summed E-state index contributed by atoms with van der Waals surface area (Å²) in [7, 11) is 1.37. The molecule has 1 atom stereocenters. The molecular formula is C21H21ClN2O6. The number of hydrogen-bond donors (Lipinski definition) is 3. The molecule has 8 nitrogen and oxygen atoms in total. The predicted octanol–water partition coefficient (Wildman–Crippen LogP) is 3.30. The molecule has 3 rings (SSSR count). The monoisotopic (exact) mass is 432 g/mol. The molecule has 2 aromatic rings. The molecule has 1 aliphatic heterocycles. The predicted molar refractivity (Wildman–Crippen MR) is 110 cm³/mol. The number of para-hydroxylation sites is 1. The van der Waals surface area contributed by atoms with Gasteiger partial charge in [0.15, 0.2) is 11.5 Å². The number of benzene rings is 2. The van der Waals surface area contributed by atoms with E-state index in [0.29, 0.717) is 17.0 Å². The third-order valence-electron chi connectivity index (χ3n) is 4.42. The largest absolute Gasteiger partial charge is 0.503 e. The van der Waals surface area contributed by atoms with E-state index in [0.717, 1.165) is 0 Å². The second-order valence-corrected chi connectivity index (χ2v) is 6.83. The maximum atomic E-state index is 12.8. The maximum absolute atomic E-state index is 12.8. The Morgan fingerprint density at radius 1 is 1.20 bits per heavy atom. The van der Waals surface area contributed by atoms with Crippen molar-refractivity contribution < 1.29 is 28.9 Å². The van der Waals surface area contributed by atoms with Crippen LogP contribution in [0.3, 0.4) is 0 Å². The zero-order valence-electron chi connectivity index (χ0n) is 16.4. The number of rotatable bonds is 7. The molecule has 0 radical (unpaired) electrons. The van der Waals surface area contributed by atoms with E-state index < -0.39 is 18.0 Å². The molecule has 0 saturated carbocycles. The van der Waals surface area contributed by atoms with Gasteiger partial charge in [0.05, 0.1) is 23.7 Å². The third-order valence-corrected chi connectivity index (χ3v) is 4.71. The molecule has 0 spiro atoms. The van der Waals surface area contributed by atoms with Crippen LogP contribution in [0.2, 0.25) is 5.02 Å². The number of urea groups is 1. The summed E-state index contributed by atoms with van der Waals surface area (Å²) >= 11 is 6.07. The van der Waals surface area contributed by atoms with Gasteiger partial charge in [0.25, 0.3) is 0 Å². The first kappa shape index (κ1) is 21.3. The standard InChI is InChI=1S/C21H21ClN2O6/c1-12-17(20(26)30-9-8-29-14-6-4-3-5-7-14)18(24-21(27)23-12)13-10-15(22)19(25)16(11-13)28-2/h3-7,10-11,18,25H,8-9H2,1-2H3,(H2,23,24,27)/t18-/m1/s1. The Kier molecular flexibility index (Phi) is 6.68. The molecule has 0 unspecified atom stereocenters. The number of allylic oxidation sites excluding steroid dienone is 1. The second kappa shape index (κ2) is 9.41. The number of halogens is 1. The Hall–Kier alpha value is -3.39. The number of hydrogen-bond acceptors (Lipinski definition) is 6. The molecule has 2 amide bonds. The van der Waals surface area contributed by atoms with Gasteiger partial charge in [-0.25, -0.2) is 9.59 Å². The molecule has 0 saturated heterocycles. The number of ether oxygens (including phenoxy) is 3. The van der Waals surface area contributed by atoms with Gasteiger partial charge in [0.2, 0.25) is 0 Å². The van der Waals surface area contributed by atoms with Crippen LogP contribution in [0.15, 0.2) is 53.7 Å². The smallest absolute Gasteiger partial charge is 0.338 e. The Balaban J connectivity index is 1.76. The molecule has 2 aromatic carbocycles. The third kappa shape index (κ3) is 4.77. The number of aromatic hydroxyl groups is 1. The van der Waals surface area contributed by atoms with Crippen molar-refractivity contribution in [3.8, 4) is 17.2 Å². The number of methoxy groups -OCH3 is 1. The topological polar surface area (TPSA) is 106 Å². The molecule has 3 N–H and O–H groups in total. The van der Waals surface area contributed by atoms with Gasteiger partial charge < -0.3 is 30.0 Å². The molecule has 0 bridgehead atoms. The van der Waals surface area contributed by atoms with Gasteiger partial charge >= 0.3 is 12.0 Å². The minimum atomic E-state index is -0.840. The van der Waals surface area contributed by atoms with Crippen LogP contribution in [0, 0.1) is 0 Å². The molecule has 0 aliphatic carbocycles. The first-order chi connectivity index (χ1) is 14.4. The molecule has 1 aliphatic rings. The van der Waals surface area contributed by atoms with Gasteiger partial charge in [-0.3, -0.25) is 0 Å². The Morgan fingerprint density at radius 3 is 2.63 bits per heavy atom. The van der Waals surface area contributed by atoms with Crippen molar-refractivity contribution in [3.05, 3.63) is 64.3 Å². The lowest BCUT2D eigenvalue weighted by Crippen LogP contribution is -2.45. The van der Waals surface area contributed by atoms with Crippen molar-refractivity contribution in [1.82, 2.24) is 10.6 Å². The normalized spacial score (nSPS) is 15.8. The minimum absolute atomic E-state index is 0.0187. The van der Waals surface area contributed by atoms with Gasteiger partial charge in [-0.1, -0.05) is 29.8 Å². The van der Waals surface area contributed by atoms with E-state index >= 15 is 0 Å². The summed E-state index contributed by atoms with van der Waals surface area (Å²) in [6.07, 6.45) is 0. The van der Waals surface area contributed by atoms with Crippen molar-refractivity contribution in [1.29, 1.82) is 0 Å². The number of carbonyl (C=O) groups excluding carboxylic acids is 2. The number of nitrogens with one attached hydrogen (secondary N) is 2. The van der Waals surface area contributed by atoms with E-state index in [1.807, 2.05) is 18.2 Å². The lowest BCUT2D eigenvalue weighted by atomic mass is 9.95. The summed E-state index contributed by atoms with van der Waals surface area (Å²) in [4.78, 5) is 24.8. The van der Waals surface area contributed by atoms with Crippen LogP contribution < -0.4 is 20.1 Å². The van der Waals surface area contributed by atoms with Gasteiger partial charge in [-0.05, 0) is 36.8 Å². The van der Waals surface area contributed by atoms with Crippen LogP contribution in [-0.4, -0.2) is 37.4 Å². The van der Waals surface area contributed by atoms with Crippen molar-refractivity contribution in [2.45, 2.75) is 13.0 Å². The van der Waals surface area contributed by atoms with Gasteiger partial charge in [0, 0.05) is 5.70 Å². The number of carbonyl (C=O) groups is 2. The summed E-state index contributed by atoms with van der Waals surface area (Å²) < 4.78 is 16.0. The summed E-state index contributed by atoms with van der Waals surface area (Å²) in [5.74, 6) is -0.0675. The molecular weight excluding hydrogens is 412 g/mol. The van der Waals surface area contributed by atoms with Gasteiger partial charge in [-0.15, -0.1) is 0 Å². The van der Waals surface area contributed by atoms with E-state index in [9.17, 15) is 14.7 Å². The fraction of sp³-hybridized carbons (Fsp3) is 0.238. The zero-order valence-corrected chi connectivity index (χ0v) is 17.2. The van der Waals surface area contributed by atoms with Gasteiger partial charge in [0.1, 0.15) is 19.0 Å². The van der Waals surface area contributed by atoms with Crippen LogP contribution in [0.4, 0.5) is 4.79 Å². The van der Waals surface area contributed by atoms with Crippen molar-refractivity contribution in [2.75, 3.05) is 20.3 Å². The Morgan fingerprint density at radius 2 is 1.93 bits per heavy atom. The van der Waals surface area contributed by atoms with Crippen LogP contribution in [0.25, 0.3) is 0 Å². The SMILES string of the molecule is COc1cc([C@H]2NC(=O)NC(C)=C2C(=O)OCCOc2ccccc2)cc(Cl)c1O. The average Bonchev–Trinajstić information content (AvgIpc) is 2.73. The highest BCUT2D eigenvalue weighted by Gasteiger charge is 2.33. The van der Waals surface area contributed by atoms with Crippen molar-refractivity contribution in [3.63, 3.8) is 0 Å². The average molecular weight is 433 g/mol. The minimum Gasteiger partial charge on any atom is -0.503 e. The maximum Gasteiger partial charge on any atom is 0.338 e. The highest BCUT2D eigenvalue weighted by molar-refractivity contribution is 6.32. The zero-order chi connectivity index (χ0) is 21.7. The fourth-order valence-corrected chi connectivity index (χ4v) is 3.24. The highest BCUT2D eigenvalue weighted by Crippen LogP contribution is 2.39. The summed E-state index contributed by atoms with van der Waals surface area (Å²) in [5.41, 5.74) is 1.01. The molecule has 158 valence electrons. The number of amides is 2. The summed E-state index contributed by atoms with van der Waals surface area (Å²) in [5, 5.41) is 15.2. The Bertz CT molecular complexity index is 977. The fourth-order valence-electron chi connectivity index (χ4n) is 3.02. The lowest BCUT2D eigenvalue weighted by molar-refractivity contribution is -0.140. The van der Waals surface area contributed by atoms with Crippen LogP contribution in [-0.2, 0) is 9.53 Å². The molecule has 30 heavy (non-hydrogen) atoms.